The Bertz CT molecular complexity index is 311. The van der Waals surface area contributed by atoms with Gasteiger partial charge in [-0.1, -0.05) is 0 Å². The van der Waals surface area contributed by atoms with Crippen LogP contribution in [0.4, 0.5) is 0 Å². The molecule has 2 unspecified atom stereocenters. The molecule has 2 rings (SSSR count). The normalized spacial score (nSPS) is 30.3. The van der Waals surface area contributed by atoms with Crippen molar-refractivity contribution < 1.29 is 19.4 Å². The summed E-state index contributed by atoms with van der Waals surface area (Å²) in [4.78, 5) is 22.8. The van der Waals surface area contributed by atoms with Gasteiger partial charge < -0.3 is 15.2 Å². The van der Waals surface area contributed by atoms with Crippen LogP contribution in [0.2, 0.25) is 0 Å². The van der Waals surface area contributed by atoms with Gasteiger partial charge in [0, 0.05) is 6.61 Å². The Morgan fingerprint density at radius 3 is 2.62 bits per heavy atom. The van der Waals surface area contributed by atoms with E-state index in [1.165, 1.54) is 0 Å². The maximum absolute atomic E-state index is 11.7. The molecule has 0 bridgehead atoms. The molecular formula is C11H17NO4. The Morgan fingerprint density at radius 2 is 2.19 bits per heavy atom. The second-order valence-electron chi connectivity index (χ2n) is 4.57. The Hall–Kier alpha value is -1.10. The van der Waals surface area contributed by atoms with E-state index in [0.717, 1.165) is 12.8 Å². The number of carbonyl (C=O) groups excluding carboxylic acids is 1. The molecule has 2 saturated carbocycles. The van der Waals surface area contributed by atoms with Crippen molar-refractivity contribution in [1.82, 2.24) is 5.32 Å². The van der Waals surface area contributed by atoms with E-state index in [1.807, 2.05) is 6.92 Å². The first-order chi connectivity index (χ1) is 7.59. The zero-order chi connectivity index (χ0) is 11.8. The fraction of sp³-hybridized carbons (Fsp3) is 0.818. The Kier molecular flexibility index (Phi) is 2.88. The highest BCUT2D eigenvalue weighted by atomic mass is 16.5. The maximum atomic E-state index is 11.7. The first kappa shape index (κ1) is 11.4. The number of rotatable bonds is 5. The molecule has 2 aliphatic rings. The predicted octanol–water partition coefficient (Wildman–Crippen LogP) is 0.535. The van der Waals surface area contributed by atoms with Crippen LogP contribution in [0.25, 0.3) is 0 Å². The van der Waals surface area contributed by atoms with Gasteiger partial charge >= 0.3 is 5.97 Å². The lowest BCUT2D eigenvalue weighted by Crippen LogP contribution is -2.59. The van der Waals surface area contributed by atoms with Gasteiger partial charge in [-0.25, -0.2) is 4.79 Å². The van der Waals surface area contributed by atoms with Gasteiger partial charge in [0.15, 0.2) is 0 Å². The predicted molar refractivity (Wildman–Crippen MR) is 55.9 cm³/mol. The minimum atomic E-state index is -0.990. The second-order valence-corrected chi connectivity index (χ2v) is 4.57. The summed E-state index contributed by atoms with van der Waals surface area (Å²) >= 11 is 0. The fourth-order valence-corrected chi connectivity index (χ4v) is 2.10. The summed E-state index contributed by atoms with van der Waals surface area (Å²) in [6.45, 7) is 2.48. The summed E-state index contributed by atoms with van der Waals surface area (Å²) < 4.78 is 5.30. The molecule has 16 heavy (non-hydrogen) atoms. The standard InChI is InChI=1S/C11H17NO4/c1-2-16-8-6-7(8)9(13)12-11(10(14)15)4-3-5-11/h7-8H,2-6H2,1H3,(H,12,13)(H,14,15). The van der Waals surface area contributed by atoms with Gasteiger partial charge in [-0.3, -0.25) is 4.79 Å². The van der Waals surface area contributed by atoms with Crippen molar-refractivity contribution in [1.29, 1.82) is 0 Å². The van der Waals surface area contributed by atoms with E-state index < -0.39 is 11.5 Å². The van der Waals surface area contributed by atoms with Gasteiger partial charge in [-0.2, -0.15) is 0 Å². The van der Waals surface area contributed by atoms with Crippen LogP contribution < -0.4 is 5.32 Å². The van der Waals surface area contributed by atoms with Gasteiger partial charge in [0.2, 0.25) is 5.91 Å². The van der Waals surface area contributed by atoms with Crippen molar-refractivity contribution in [3.8, 4) is 0 Å². The summed E-state index contributed by atoms with van der Waals surface area (Å²) in [6, 6.07) is 0. The largest absolute Gasteiger partial charge is 0.480 e. The second kappa shape index (κ2) is 4.05. The van der Waals surface area contributed by atoms with Crippen LogP contribution in [-0.4, -0.2) is 35.2 Å². The molecule has 2 atom stereocenters. The van der Waals surface area contributed by atoms with E-state index >= 15 is 0 Å². The zero-order valence-electron chi connectivity index (χ0n) is 9.36. The van der Waals surface area contributed by atoms with Crippen LogP contribution in [0.15, 0.2) is 0 Å². The number of carbonyl (C=O) groups is 2. The number of carboxylic acids is 1. The van der Waals surface area contributed by atoms with E-state index in [4.69, 9.17) is 9.84 Å². The van der Waals surface area contributed by atoms with Gasteiger partial charge in [0.05, 0.1) is 12.0 Å². The molecule has 0 aromatic carbocycles. The van der Waals surface area contributed by atoms with Crippen molar-refractivity contribution in [3.63, 3.8) is 0 Å². The maximum Gasteiger partial charge on any atom is 0.329 e. The van der Waals surface area contributed by atoms with Crippen LogP contribution >= 0.6 is 0 Å². The van der Waals surface area contributed by atoms with E-state index in [1.54, 1.807) is 0 Å². The molecule has 0 radical (unpaired) electrons. The number of ether oxygens (including phenoxy) is 1. The van der Waals surface area contributed by atoms with Crippen LogP contribution in [0.3, 0.4) is 0 Å². The highest BCUT2D eigenvalue weighted by Gasteiger charge is 2.51. The summed E-state index contributed by atoms with van der Waals surface area (Å²) in [5.41, 5.74) is -0.990. The van der Waals surface area contributed by atoms with Crippen LogP contribution in [0, 0.1) is 5.92 Å². The fourth-order valence-electron chi connectivity index (χ4n) is 2.10. The third-order valence-electron chi connectivity index (χ3n) is 3.43. The number of hydrogen-bond donors (Lipinski definition) is 2. The summed E-state index contributed by atoms with van der Waals surface area (Å²) in [6.07, 6.45) is 2.66. The Balaban J connectivity index is 1.86. The number of carboxylic acid groups (broad SMARTS) is 1. The molecule has 0 aliphatic heterocycles. The molecule has 0 aromatic rings. The third kappa shape index (κ3) is 1.91. The van der Waals surface area contributed by atoms with Gasteiger partial charge in [-0.15, -0.1) is 0 Å². The van der Waals surface area contributed by atoms with Gasteiger partial charge in [0.1, 0.15) is 5.54 Å². The molecule has 5 nitrogen and oxygen atoms in total. The lowest BCUT2D eigenvalue weighted by atomic mass is 9.76. The average molecular weight is 227 g/mol. The topological polar surface area (TPSA) is 75.6 Å². The molecular weight excluding hydrogens is 210 g/mol. The number of aliphatic carboxylic acids is 1. The molecule has 1 amide bonds. The quantitative estimate of drug-likeness (QED) is 0.718. The minimum absolute atomic E-state index is 0.00378. The first-order valence-electron chi connectivity index (χ1n) is 5.76. The van der Waals surface area contributed by atoms with Gasteiger partial charge in [-0.05, 0) is 32.6 Å². The molecule has 2 aliphatic carbocycles. The van der Waals surface area contributed by atoms with Crippen LogP contribution in [0.1, 0.15) is 32.6 Å². The van der Waals surface area contributed by atoms with E-state index in [2.05, 4.69) is 5.32 Å². The lowest BCUT2D eigenvalue weighted by Gasteiger charge is -2.38. The van der Waals surface area contributed by atoms with E-state index in [-0.39, 0.29) is 17.9 Å². The number of nitrogens with one attached hydrogen (secondary N) is 1. The highest BCUT2D eigenvalue weighted by Crippen LogP contribution is 2.37. The van der Waals surface area contributed by atoms with Gasteiger partial charge in [0.25, 0.3) is 0 Å². The molecule has 5 heteroatoms. The molecule has 0 aromatic heterocycles. The molecule has 0 saturated heterocycles. The Morgan fingerprint density at radius 1 is 1.50 bits per heavy atom. The summed E-state index contributed by atoms with van der Waals surface area (Å²) in [5, 5.41) is 11.7. The number of amides is 1. The molecule has 0 heterocycles. The van der Waals surface area contributed by atoms with Crippen molar-refractivity contribution in [2.75, 3.05) is 6.61 Å². The molecule has 90 valence electrons. The molecule has 2 N–H and O–H groups in total. The van der Waals surface area contributed by atoms with Crippen molar-refractivity contribution in [2.24, 2.45) is 5.92 Å². The summed E-state index contributed by atoms with van der Waals surface area (Å²) in [7, 11) is 0. The minimum Gasteiger partial charge on any atom is -0.480 e. The first-order valence-corrected chi connectivity index (χ1v) is 5.76. The monoisotopic (exact) mass is 227 g/mol. The Labute approximate surface area is 94.2 Å². The third-order valence-corrected chi connectivity index (χ3v) is 3.43. The van der Waals surface area contributed by atoms with Crippen LogP contribution in [0.5, 0.6) is 0 Å². The van der Waals surface area contributed by atoms with Crippen molar-refractivity contribution in [3.05, 3.63) is 0 Å². The lowest BCUT2D eigenvalue weighted by molar-refractivity contribution is -0.152. The number of hydrogen-bond acceptors (Lipinski definition) is 3. The van der Waals surface area contributed by atoms with Crippen molar-refractivity contribution in [2.45, 2.75) is 44.2 Å². The summed E-state index contributed by atoms with van der Waals surface area (Å²) in [5.74, 6) is -1.22. The average Bonchev–Trinajstić information content (AvgIpc) is 2.90. The zero-order valence-corrected chi connectivity index (χ0v) is 9.36. The van der Waals surface area contributed by atoms with Crippen molar-refractivity contribution >= 4 is 11.9 Å². The SMILES string of the molecule is CCOC1CC1C(=O)NC1(C(=O)O)CCC1. The molecule has 2 fully saturated rings. The van der Waals surface area contributed by atoms with Crippen LogP contribution in [-0.2, 0) is 14.3 Å². The molecule has 0 spiro atoms. The smallest absolute Gasteiger partial charge is 0.329 e. The van der Waals surface area contributed by atoms with E-state index in [0.29, 0.717) is 19.4 Å². The van der Waals surface area contributed by atoms with E-state index in [9.17, 15) is 9.59 Å². The highest BCUT2D eigenvalue weighted by molar-refractivity contribution is 5.90.